The predicted molar refractivity (Wildman–Crippen MR) is 76.8 cm³/mol. The molecule has 0 aromatic carbocycles. The highest BCUT2D eigenvalue weighted by molar-refractivity contribution is 5.82. The number of aliphatic imine (C=N–C) groups is 2. The van der Waals surface area contributed by atoms with Crippen LogP contribution >= 0.6 is 0 Å². The largest absolute Gasteiger partial charge is 0.370 e. The Morgan fingerprint density at radius 3 is 2.40 bits per heavy atom. The Morgan fingerprint density at radius 1 is 1.30 bits per heavy atom. The molecular weight excluding hydrogens is 262 g/mol. The van der Waals surface area contributed by atoms with E-state index in [-0.39, 0.29) is 12.8 Å². The molecule has 8 nitrogen and oxygen atoms in total. The van der Waals surface area contributed by atoms with E-state index in [0.717, 1.165) is 26.1 Å². The molecule has 0 aromatic rings. The summed E-state index contributed by atoms with van der Waals surface area (Å²) in [6, 6.07) is 2.64. The van der Waals surface area contributed by atoms with Gasteiger partial charge in [-0.3, -0.25) is 14.8 Å². The SMILES string of the molecule is CCN=C=NCCCN(C)C.NC(=O)CCC(=O)NO. The molecule has 0 radical (unpaired) electrons. The van der Waals surface area contributed by atoms with Crippen molar-refractivity contribution in [2.24, 2.45) is 15.7 Å². The lowest BCUT2D eigenvalue weighted by Crippen LogP contribution is -2.21. The third-order valence-corrected chi connectivity index (χ3v) is 1.90. The summed E-state index contributed by atoms with van der Waals surface area (Å²) in [6.07, 6.45) is 0.984. The highest BCUT2D eigenvalue weighted by atomic mass is 16.5. The Kier molecular flexibility index (Phi) is 15.7. The molecule has 0 aromatic heterocycles. The molecule has 0 fully saturated rings. The maximum absolute atomic E-state index is 10.1. The number of nitrogens with two attached hydrogens (primary N) is 1. The van der Waals surface area contributed by atoms with E-state index in [9.17, 15) is 9.59 Å². The number of hydroxylamine groups is 1. The Bertz CT molecular complexity index is 325. The average molecular weight is 287 g/mol. The van der Waals surface area contributed by atoms with Gasteiger partial charge in [-0.25, -0.2) is 15.5 Å². The second-order valence-electron chi connectivity index (χ2n) is 4.11. The molecule has 2 amide bonds. The van der Waals surface area contributed by atoms with Gasteiger partial charge in [0, 0.05) is 19.4 Å². The van der Waals surface area contributed by atoms with Crippen LogP contribution in [-0.2, 0) is 9.59 Å². The van der Waals surface area contributed by atoms with Crippen molar-refractivity contribution in [2.45, 2.75) is 26.2 Å². The van der Waals surface area contributed by atoms with Crippen LogP contribution in [0.3, 0.4) is 0 Å². The zero-order valence-corrected chi connectivity index (χ0v) is 12.4. The van der Waals surface area contributed by atoms with E-state index in [4.69, 9.17) is 10.9 Å². The standard InChI is InChI=1S/C8H17N3.C4H8N2O3/c1-4-9-8-10-6-5-7-11(2)3;5-3(7)1-2-4(8)6-9/h4-7H2,1-3H3;9H,1-2H2,(H2,5,7)(H,6,8). The van der Waals surface area contributed by atoms with Crippen molar-refractivity contribution in [3.63, 3.8) is 0 Å². The van der Waals surface area contributed by atoms with E-state index < -0.39 is 11.8 Å². The topological polar surface area (TPSA) is 120 Å². The van der Waals surface area contributed by atoms with Crippen LogP contribution < -0.4 is 11.2 Å². The van der Waals surface area contributed by atoms with Crippen molar-refractivity contribution in [3.05, 3.63) is 0 Å². The molecule has 4 N–H and O–H groups in total. The highest BCUT2D eigenvalue weighted by Gasteiger charge is 2.00. The molecule has 8 heteroatoms. The van der Waals surface area contributed by atoms with Crippen LogP contribution in [0.5, 0.6) is 0 Å². The van der Waals surface area contributed by atoms with Gasteiger partial charge in [0.2, 0.25) is 11.8 Å². The summed E-state index contributed by atoms with van der Waals surface area (Å²) >= 11 is 0. The van der Waals surface area contributed by atoms with Crippen molar-refractivity contribution in [1.82, 2.24) is 10.4 Å². The molecule has 0 aliphatic rings. The lowest BCUT2D eigenvalue weighted by molar-refractivity contribution is -0.131. The van der Waals surface area contributed by atoms with Crippen LogP contribution in [0.25, 0.3) is 0 Å². The number of nitrogens with zero attached hydrogens (tertiary/aromatic N) is 3. The van der Waals surface area contributed by atoms with Crippen molar-refractivity contribution < 1.29 is 14.8 Å². The number of amides is 2. The number of carbonyl (C=O) groups is 2. The molecule has 0 saturated carbocycles. The van der Waals surface area contributed by atoms with Crippen LogP contribution in [0, 0.1) is 0 Å². The van der Waals surface area contributed by atoms with Crippen molar-refractivity contribution >= 4 is 17.8 Å². The number of carbonyl (C=O) groups excluding carboxylic acids is 2. The second-order valence-corrected chi connectivity index (χ2v) is 4.11. The van der Waals surface area contributed by atoms with Crippen molar-refractivity contribution in [2.75, 3.05) is 33.7 Å². The first kappa shape index (κ1) is 20.6. The quantitative estimate of drug-likeness (QED) is 0.249. The Hall–Kier alpha value is -1.76. The molecule has 0 bridgehead atoms. The van der Waals surface area contributed by atoms with Gasteiger partial charge in [-0.05, 0) is 34.0 Å². The fourth-order valence-electron chi connectivity index (χ4n) is 0.929. The van der Waals surface area contributed by atoms with Gasteiger partial charge >= 0.3 is 0 Å². The zero-order chi connectivity index (χ0) is 15.8. The molecule has 0 atom stereocenters. The minimum absolute atomic E-state index is 0.0353. The molecule has 0 saturated heterocycles. The third kappa shape index (κ3) is 21.5. The van der Waals surface area contributed by atoms with Crippen LogP contribution in [0.4, 0.5) is 0 Å². The monoisotopic (exact) mass is 287 g/mol. The van der Waals surface area contributed by atoms with Gasteiger partial charge < -0.3 is 10.6 Å². The summed E-state index contributed by atoms with van der Waals surface area (Å²) in [7, 11) is 4.12. The van der Waals surface area contributed by atoms with E-state index in [0.29, 0.717) is 0 Å². The first-order valence-corrected chi connectivity index (χ1v) is 6.38. The summed E-state index contributed by atoms with van der Waals surface area (Å²) < 4.78 is 0. The first-order valence-electron chi connectivity index (χ1n) is 6.38. The van der Waals surface area contributed by atoms with Gasteiger partial charge in [0.25, 0.3) is 0 Å². The van der Waals surface area contributed by atoms with Gasteiger partial charge in [-0.1, -0.05) is 0 Å². The molecule has 0 aliphatic heterocycles. The molecule has 0 rings (SSSR count). The minimum atomic E-state index is -0.603. The van der Waals surface area contributed by atoms with E-state index in [1.165, 1.54) is 5.48 Å². The molecule has 116 valence electrons. The minimum Gasteiger partial charge on any atom is -0.370 e. The average Bonchev–Trinajstić information content (AvgIpc) is 2.40. The molecule has 0 unspecified atom stereocenters. The number of hydrogen-bond donors (Lipinski definition) is 3. The summed E-state index contributed by atoms with van der Waals surface area (Å²) in [5.41, 5.74) is 6.07. The number of hydrogen-bond acceptors (Lipinski definition) is 6. The first-order chi connectivity index (χ1) is 9.43. The Balaban J connectivity index is 0. The summed E-state index contributed by atoms with van der Waals surface area (Å²) in [6.45, 7) is 4.67. The van der Waals surface area contributed by atoms with Crippen LogP contribution in [0.1, 0.15) is 26.2 Å². The Labute approximate surface area is 119 Å². The van der Waals surface area contributed by atoms with E-state index in [1.807, 2.05) is 6.92 Å². The van der Waals surface area contributed by atoms with Crippen molar-refractivity contribution in [1.29, 1.82) is 0 Å². The Morgan fingerprint density at radius 2 is 1.95 bits per heavy atom. The van der Waals surface area contributed by atoms with Crippen molar-refractivity contribution in [3.8, 4) is 0 Å². The fourth-order valence-corrected chi connectivity index (χ4v) is 0.929. The van der Waals surface area contributed by atoms with Gasteiger partial charge in [-0.2, -0.15) is 0 Å². The van der Waals surface area contributed by atoms with Crippen LogP contribution in [0.15, 0.2) is 9.98 Å². The molecule has 0 heterocycles. The summed E-state index contributed by atoms with van der Waals surface area (Å²) in [5, 5.41) is 7.90. The van der Waals surface area contributed by atoms with E-state index in [1.54, 1.807) is 0 Å². The number of primary amides is 1. The molecule has 0 spiro atoms. The highest BCUT2D eigenvalue weighted by Crippen LogP contribution is 1.84. The third-order valence-electron chi connectivity index (χ3n) is 1.90. The predicted octanol–water partition coefficient (Wildman–Crippen LogP) is -0.111. The van der Waals surface area contributed by atoms with Gasteiger partial charge in [0.15, 0.2) is 0 Å². The summed E-state index contributed by atoms with van der Waals surface area (Å²) in [5.74, 6) is -1.16. The van der Waals surface area contributed by atoms with E-state index in [2.05, 4.69) is 35.0 Å². The number of nitrogens with one attached hydrogen (secondary N) is 1. The van der Waals surface area contributed by atoms with Gasteiger partial charge in [-0.15, -0.1) is 0 Å². The smallest absolute Gasteiger partial charge is 0.243 e. The lowest BCUT2D eigenvalue weighted by Gasteiger charge is -2.05. The van der Waals surface area contributed by atoms with Gasteiger partial charge in [0.05, 0.1) is 12.6 Å². The van der Waals surface area contributed by atoms with E-state index >= 15 is 0 Å². The summed E-state index contributed by atoms with van der Waals surface area (Å²) in [4.78, 5) is 30.1. The zero-order valence-electron chi connectivity index (χ0n) is 12.4. The molecule has 0 aliphatic carbocycles. The molecule has 20 heavy (non-hydrogen) atoms. The van der Waals surface area contributed by atoms with Crippen LogP contribution in [-0.4, -0.2) is 61.7 Å². The van der Waals surface area contributed by atoms with Gasteiger partial charge in [0.1, 0.15) is 0 Å². The van der Waals surface area contributed by atoms with Crippen LogP contribution in [0.2, 0.25) is 0 Å². The second kappa shape index (κ2) is 15.3. The normalized spacial score (nSPS) is 9.05. The molecular formula is C12H25N5O3. The number of rotatable bonds is 8. The maximum Gasteiger partial charge on any atom is 0.243 e. The lowest BCUT2D eigenvalue weighted by atomic mass is 10.3. The maximum atomic E-state index is 10.1. The fraction of sp³-hybridized carbons (Fsp3) is 0.750.